The number of rotatable bonds is 1. The van der Waals surface area contributed by atoms with Gasteiger partial charge in [-0.05, 0) is 37.5 Å². The molecule has 0 fully saturated rings. The summed E-state index contributed by atoms with van der Waals surface area (Å²) >= 11 is 0. The van der Waals surface area contributed by atoms with Gasteiger partial charge in [0.2, 0.25) is 0 Å². The summed E-state index contributed by atoms with van der Waals surface area (Å²) < 4.78 is 15.5. The van der Waals surface area contributed by atoms with Gasteiger partial charge < -0.3 is 9.67 Å². The second-order valence-corrected chi connectivity index (χ2v) is 4.74. The van der Waals surface area contributed by atoms with Gasteiger partial charge in [-0.25, -0.2) is 4.39 Å². The molecule has 19 heavy (non-hydrogen) atoms. The minimum Gasteiger partial charge on any atom is -0.388 e. The molecule has 0 radical (unpaired) electrons. The van der Waals surface area contributed by atoms with E-state index in [9.17, 15) is 9.50 Å². The maximum Gasteiger partial charge on any atom is 0.143 e. The van der Waals surface area contributed by atoms with Crippen LogP contribution in [0.5, 0.6) is 0 Å². The van der Waals surface area contributed by atoms with Gasteiger partial charge in [0, 0.05) is 17.5 Å². The summed E-state index contributed by atoms with van der Waals surface area (Å²) in [6.45, 7) is 0. The number of hydrogen-bond acceptors (Lipinski definition) is 2. The van der Waals surface area contributed by atoms with Gasteiger partial charge in [-0.2, -0.15) is 5.26 Å². The second-order valence-electron chi connectivity index (χ2n) is 4.74. The van der Waals surface area contributed by atoms with Crippen molar-refractivity contribution < 1.29 is 9.50 Å². The van der Waals surface area contributed by atoms with Gasteiger partial charge >= 0.3 is 0 Å². The average Bonchev–Trinajstić information content (AvgIpc) is 2.83. The van der Waals surface area contributed by atoms with Crippen LogP contribution in [-0.2, 0) is 6.42 Å². The van der Waals surface area contributed by atoms with Crippen molar-refractivity contribution >= 4 is 0 Å². The zero-order chi connectivity index (χ0) is 13.4. The Bertz CT molecular complexity index is 669. The van der Waals surface area contributed by atoms with Crippen LogP contribution in [0.4, 0.5) is 4.39 Å². The highest BCUT2D eigenvalue weighted by atomic mass is 19.1. The Hall–Kier alpha value is -2.12. The van der Waals surface area contributed by atoms with Gasteiger partial charge in [-0.1, -0.05) is 6.07 Å². The topological polar surface area (TPSA) is 49.0 Å². The Labute approximate surface area is 110 Å². The van der Waals surface area contributed by atoms with Gasteiger partial charge in [0.1, 0.15) is 17.4 Å². The normalized spacial score (nSPS) is 17.8. The minimum absolute atomic E-state index is 0.0426. The lowest BCUT2D eigenvalue weighted by Crippen LogP contribution is -2.11. The van der Waals surface area contributed by atoms with Crippen LogP contribution in [0.2, 0.25) is 0 Å². The van der Waals surface area contributed by atoms with E-state index < -0.39 is 11.9 Å². The molecule has 0 bridgehead atoms. The maximum atomic E-state index is 13.7. The maximum absolute atomic E-state index is 13.7. The summed E-state index contributed by atoms with van der Waals surface area (Å²) in [5, 5.41) is 19.1. The number of aliphatic hydroxyl groups is 1. The van der Waals surface area contributed by atoms with E-state index in [0.717, 1.165) is 30.5 Å². The Kier molecular flexibility index (Phi) is 2.84. The summed E-state index contributed by atoms with van der Waals surface area (Å²) in [6, 6.07) is 8.37. The van der Waals surface area contributed by atoms with E-state index in [0.29, 0.717) is 5.69 Å². The Morgan fingerprint density at radius 2 is 2.21 bits per heavy atom. The molecule has 1 aliphatic carbocycles. The fraction of sp³-hybridized carbons (Fsp3) is 0.267. The van der Waals surface area contributed by atoms with Crippen LogP contribution in [0.25, 0.3) is 5.69 Å². The molecule has 4 heteroatoms. The number of nitriles is 1. The smallest absolute Gasteiger partial charge is 0.143 e. The highest BCUT2D eigenvalue weighted by Gasteiger charge is 2.23. The number of aliphatic hydroxyl groups excluding tert-OH is 1. The molecule has 1 aromatic carbocycles. The lowest BCUT2D eigenvalue weighted by molar-refractivity contribution is 0.156. The van der Waals surface area contributed by atoms with E-state index in [1.165, 1.54) is 6.07 Å². The number of aromatic nitrogens is 1. The van der Waals surface area contributed by atoms with E-state index >= 15 is 0 Å². The van der Waals surface area contributed by atoms with E-state index in [2.05, 4.69) is 0 Å². The van der Waals surface area contributed by atoms with Crippen LogP contribution in [0.3, 0.4) is 0 Å². The predicted molar refractivity (Wildman–Crippen MR) is 68.3 cm³/mol. The summed E-state index contributed by atoms with van der Waals surface area (Å²) in [5.74, 6) is -0.515. The van der Waals surface area contributed by atoms with Crippen molar-refractivity contribution in [2.75, 3.05) is 0 Å². The lowest BCUT2D eigenvalue weighted by Gasteiger charge is -2.20. The molecule has 0 aliphatic heterocycles. The standard InChI is InChI=1S/C15H13FN2O/c16-12-3-1-4-14(11(12)9-17)18-8-7-10-13(18)5-2-6-15(10)19/h1,3-4,7-8,15,19H,2,5-6H2. The van der Waals surface area contributed by atoms with Gasteiger partial charge in [0.25, 0.3) is 0 Å². The van der Waals surface area contributed by atoms with Crippen molar-refractivity contribution in [2.45, 2.75) is 25.4 Å². The molecule has 96 valence electrons. The predicted octanol–water partition coefficient (Wildman–Crippen LogP) is 2.86. The second kappa shape index (κ2) is 4.52. The van der Waals surface area contributed by atoms with E-state index in [4.69, 9.17) is 5.26 Å². The third kappa shape index (κ3) is 1.83. The van der Waals surface area contributed by atoms with Crippen molar-refractivity contribution in [1.29, 1.82) is 5.26 Å². The molecule has 0 amide bonds. The molecule has 1 aliphatic rings. The van der Waals surface area contributed by atoms with Crippen LogP contribution in [-0.4, -0.2) is 9.67 Å². The number of halogens is 1. The van der Waals surface area contributed by atoms with E-state index in [1.54, 1.807) is 18.3 Å². The van der Waals surface area contributed by atoms with E-state index in [-0.39, 0.29) is 5.56 Å². The first kappa shape index (κ1) is 11.9. The van der Waals surface area contributed by atoms with Crippen LogP contribution in [0, 0.1) is 17.1 Å². The SMILES string of the molecule is N#Cc1c(F)cccc1-n1ccc2c1CCCC2O. The van der Waals surface area contributed by atoms with E-state index in [1.807, 2.05) is 16.7 Å². The Balaban J connectivity index is 2.19. The van der Waals surface area contributed by atoms with Gasteiger partial charge in [-0.15, -0.1) is 0 Å². The van der Waals surface area contributed by atoms with Crippen molar-refractivity contribution in [2.24, 2.45) is 0 Å². The molecule has 0 saturated carbocycles. The summed E-state index contributed by atoms with van der Waals surface area (Å²) in [6.07, 6.45) is 3.83. The molecular formula is C15H13FN2O. The fourth-order valence-electron chi connectivity index (χ4n) is 2.72. The number of hydrogen-bond donors (Lipinski definition) is 1. The summed E-state index contributed by atoms with van der Waals surface area (Å²) in [7, 11) is 0. The quantitative estimate of drug-likeness (QED) is 0.852. The molecule has 1 unspecified atom stereocenters. The third-order valence-corrected chi connectivity index (χ3v) is 3.64. The first-order chi connectivity index (χ1) is 9.22. The lowest BCUT2D eigenvalue weighted by atomic mass is 9.95. The van der Waals surface area contributed by atoms with Crippen molar-refractivity contribution in [3.63, 3.8) is 0 Å². The largest absolute Gasteiger partial charge is 0.388 e. The molecule has 1 atom stereocenters. The highest BCUT2D eigenvalue weighted by Crippen LogP contribution is 2.32. The third-order valence-electron chi connectivity index (χ3n) is 3.64. The number of benzene rings is 1. The molecule has 1 N–H and O–H groups in total. The molecule has 3 nitrogen and oxygen atoms in total. The number of fused-ring (bicyclic) bond motifs is 1. The minimum atomic E-state index is -0.515. The Morgan fingerprint density at radius 1 is 1.37 bits per heavy atom. The van der Waals surface area contributed by atoms with Gasteiger partial charge in [0.15, 0.2) is 0 Å². The molecule has 0 spiro atoms. The molecule has 2 aromatic rings. The fourth-order valence-corrected chi connectivity index (χ4v) is 2.72. The molecule has 0 saturated heterocycles. The first-order valence-electron chi connectivity index (χ1n) is 6.29. The molecule has 1 heterocycles. The van der Waals surface area contributed by atoms with Crippen LogP contribution < -0.4 is 0 Å². The zero-order valence-electron chi connectivity index (χ0n) is 10.3. The average molecular weight is 256 g/mol. The highest BCUT2D eigenvalue weighted by molar-refractivity contribution is 5.52. The van der Waals surface area contributed by atoms with Crippen molar-refractivity contribution in [1.82, 2.24) is 4.57 Å². The molecule has 3 rings (SSSR count). The summed E-state index contributed by atoms with van der Waals surface area (Å²) in [5.41, 5.74) is 2.44. The monoisotopic (exact) mass is 256 g/mol. The summed E-state index contributed by atoms with van der Waals surface area (Å²) in [4.78, 5) is 0. The van der Waals surface area contributed by atoms with Crippen LogP contribution in [0.15, 0.2) is 30.5 Å². The zero-order valence-corrected chi connectivity index (χ0v) is 10.3. The van der Waals surface area contributed by atoms with Crippen molar-refractivity contribution in [3.05, 3.63) is 53.1 Å². The molecule has 1 aromatic heterocycles. The molecular weight excluding hydrogens is 243 g/mol. The van der Waals surface area contributed by atoms with Crippen LogP contribution >= 0.6 is 0 Å². The number of nitrogens with zero attached hydrogens (tertiary/aromatic N) is 2. The van der Waals surface area contributed by atoms with Gasteiger partial charge in [-0.3, -0.25) is 0 Å². The van der Waals surface area contributed by atoms with Crippen molar-refractivity contribution in [3.8, 4) is 11.8 Å². The first-order valence-corrected chi connectivity index (χ1v) is 6.29. The van der Waals surface area contributed by atoms with Gasteiger partial charge in [0.05, 0.1) is 11.8 Å². The van der Waals surface area contributed by atoms with Crippen LogP contribution in [0.1, 0.15) is 35.8 Å². The Morgan fingerprint density at radius 3 is 3.00 bits per heavy atom.